The topological polar surface area (TPSA) is 29.5 Å². The number of benzene rings is 1. The van der Waals surface area contributed by atoms with E-state index in [9.17, 15) is 4.79 Å². The molecule has 1 amide bonds. The Morgan fingerprint density at radius 2 is 2.12 bits per heavy atom. The second kappa shape index (κ2) is 6.03. The Hall–Kier alpha value is -1.06. The summed E-state index contributed by atoms with van der Waals surface area (Å²) in [5.41, 5.74) is 0.893. The van der Waals surface area contributed by atoms with Crippen LogP contribution in [-0.4, -0.2) is 37.1 Å². The number of hydrogen-bond acceptors (Lipinski definition) is 2. The molecule has 3 nitrogen and oxygen atoms in total. The van der Waals surface area contributed by atoms with Gasteiger partial charge in [-0.2, -0.15) is 0 Å². The second-order valence-electron chi connectivity index (χ2n) is 4.11. The fourth-order valence-electron chi connectivity index (χ4n) is 1.91. The molecule has 92 valence electrons. The van der Waals surface area contributed by atoms with Gasteiger partial charge in [0.25, 0.3) is 0 Å². The van der Waals surface area contributed by atoms with Gasteiger partial charge in [0, 0.05) is 24.7 Å². The van der Waals surface area contributed by atoms with E-state index in [0.29, 0.717) is 24.6 Å². The van der Waals surface area contributed by atoms with Gasteiger partial charge in [0.05, 0.1) is 13.0 Å². The molecule has 1 fully saturated rings. The molecular weight excluding hydrogens is 238 g/mol. The number of carbonyl (C=O) groups is 1. The number of carbonyl (C=O) groups excluding carboxylic acids is 1. The van der Waals surface area contributed by atoms with E-state index in [1.54, 1.807) is 0 Å². The standard InChI is InChI=1S/C13H16ClNO2/c14-12-5-2-1-4-11(12)10-13(16)15-6-3-8-17-9-7-15/h1-2,4-5H,3,6-10H2. The molecule has 0 unspecified atom stereocenters. The van der Waals surface area contributed by atoms with Crippen LogP contribution in [0.3, 0.4) is 0 Å². The van der Waals surface area contributed by atoms with Crippen molar-refractivity contribution in [3.8, 4) is 0 Å². The molecule has 1 saturated heterocycles. The summed E-state index contributed by atoms with van der Waals surface area (Å²) in [6.45, 7) is 2.84. The number of hydrogen-bond donors (Lipinski definition) is 0. The van der Waals surface area contributed by atoms with Gasteiger partial charge in [-0.25, -0.2) is 0 Å². The average Bonchev–Trinajstić information content (AvgIpc) is 2.61. The zero-order valence-corrected chi connectivity index (χ0v) is 10.4. The predicted octanol–water partition coefficient (Wildman–Crippen LogP) is 2.13. The fraction of sp³-hybridized carbons (Fsp3) is 0.462. The summed E-state index contributed by atoms with van der Waals surface area (Å²) in [6.07, 6.45) is 1.29. The van der Waals surface area contributed by atoms with Crippen molar-refractivity contribution in [1.29, 1.82) is 0 Å². The zero-order chi connectivity index (χ0) is 12.1. The van der Waals surface area contributed by atoms with Crippen LogP contribution < -0.4 is 0 Å². The van der Waals surface area contributed by atoms with Crippen molar-refractivity contribution in [2.45, 2.75) is 12.8 Å². The van der Waals surface area contributed by atoms with Crippen molar-refractivity contribution in [2.24, 2.45) is 0 Å². The van der Waals surface area contributed by atoms with Crippen LogP contribution >= 0.6 is 11.6 Å². The lowest BCUT2D eigenvalue weighted by molar-refractivity contribution is -0.130. The summed E-state index contributed by atoms with van der Waals surface area (Å²) in [7, 11) is 0. The average molecular weight is 254 g/mol. The molecule has 1 aliphatic heterocycles. The van der Waals surface area contributed by atoms with Crippen LogP contribution in [0.5, 0.6) is 0 Å². The first-order chi connectivity index (χ1) is 8.27. The third-order valence-electron chi connectivity index (χ3n) is 2.87. The smallest absolute Gasteiger partial charge is 0.227 e. The maximum atomic E-state index is 12.1. The molecule has 0 aliphatic carbocycles. The Morgan fingerprint density at radius 3 is 2.94 bits per heavy atom. The van der Waals surface area contributed by atoms with E-state index < -0.39 is 0 Å². The van der Waals surface area contributed by atoms with Crippen molar-refractivity contribution in [3.05, 3.63) is 34.9 Å². The van der Waals surface area contributed by atoms with Crippen LogP contribution in [0.2, 0.25) is 5.02 Å². The molecule has 1 aromatic rings. The van der Waals surface area contributed by atoms with Gasteiger partial charge in [-0.05, 0) is 18.1 Å². The third-order valence-corrected chi connectivity index (χ3v) is 3.24. The zero-order valence-electron chi connectivity index (χ0n) is 9.69. The highest BCUT2D eigenvalue weighted by molar-refractivity contribution is 6.31. The number of ether oxygens (including phenoxy) is 1. The van der Waals surface area contributed by atoms with Crippen molar-refractivity contribution < 1.29 is 9.53 Å². The molecule has 0 atom stereocenters. The first-order valence-corrected chi connectivity index (χ1v) is 6.24. The normalized spacial score (nSPS) is 16.6. The maximum Gasteiger partial charge on any atom is 0.227 e. The highest BCUT2D eigenvalue weighted by Gasteiger charge is 2.16. The molecule has 1 aliphatic rings. The van der Waals surface area contributed by atoms with Gasteiger partial charge < -0.3 is 9.64 Å². The van der Waals surface area contributed by atoms with Gasteiger partial charge in [-0.1, -0.05) is 29.8 Å². The summed E-state index contributed by atoms with van der Waals surface area (Å²) < 4.78 is 5.33. The summed E-state index contributed by atoms with van der Waals surface area (Å²) >= 11 is 6.04. The lowest BCUT2D eigenvalue weighted by Crippen LogP contribution is -2.34. The Balaban J connectivity index is 1.98. The molecule has 1 aromatic carbocycles. The van der Waals surface area contributed by atoms with Crippen LogP contribution in [0.1, 0.15) is 12.0 Å². The van der Waals surface area contributed by atoms with E-state index >= 15 is 0 Å². The van der Waals surface area contributed by atoms with Crippen molar-refractivity contribution in [2.75, 3.05) is 26.3 Å². The summed E-state index contributed by atoms with van der Waals surface area (Å²) in [5, 5.41) is 0.659. The highest BCUT2D eigenvalue weighted by Crippen LogP contribution is 2.16. The SMILES string of the molecule is O=C(Cc1ccccc1Cl)N1CCCOCC1. The quantitative estimate of drug-likeness (QED) is 0.808. The van der Waals surface area contributed by atoms with Crippen LogP contribution in [0, 0.1) is 0 Å². The van der Waals surface area contributed by atoms with E-state index in [1.165, 1.54) is 0 Å². The van der Waals surface area contributed by atoms with Crippen molar-refractivity contribution >= 4 is 17.5 Å². The fourth-order valence-corrected chi connectivity index (χ4v) is 2.11. The second-order valence-corrected chi connectivity index (χ2v) is 4.52. The maximum absolute atomic E-state index is 12.1. The molecular formula is C13H16ClNO2. The minimum absolute atomic E-state index is 0.128. The molecule has 0 aromatic heterocycles. The first kappa shape index (κ1) is 12.4. The number of amides is 1. The molecule has 1 heterocycles. The molecule has 4 heteroatoms. The Bertz CT molecular complexity index is 387. The first-order valence-electron chi connectivity index (χ1n) is 5.86. The minimum atomic E-state index is 0.128. The molecule has 0 N–H and O–H groups in total. The van der Waals surface area contributed by atoms with Crippen molar-refractivity contribution in [1.82, 2.24) is 4.90 Å². The summed E-state index contributed by atoms with van der Waals surface area (Å²) in [4.78, 5) is 13.9. The van der Waals surface area contributed by atoms with Gasteiger partial charge in [-0.3, -0.25) is 4.79 Å². The van der Waals surface area contributed by atoms with Crippen LogP contribution in [0.15, 0.2) is 24.3 Å². The largest absolute Gasteiger partial charge is 0.380 e. The van der Waals surface area contributed by atoms with E-state index in [0.717, 1.165) is 25.1 Å². The number of nitrogens with zero attached hydrogens (tertiary/aromatic N) is 1. The van der Waals surface area contributed by atoms with Gasteiger partial charge in [0.15, 0.2) is 0 Å². The number of rotatable bonds is 2. The summed E-state index contributed by atoms with van der Waals surface area (Å²) in [5.74, 6) is 0.128. The molecule has 0 saturated carbocycles. The molecule has 0 radical (unpaired) electrons. The summed E-state index contributed by atoms with van der Waals surface area (Å²) in [6, 6.07) is 7.49. The van der Waals surface area contributed by atoms with E-state index in [2.05, 4.69) is 0 Å². The highest BCUT2D eigenvalue weighted by atomic mass is 35.5. The molecule has 17 heavy (non-hydrogen) atoms. The van der Waals surface area contributed by atoms with Crippen molar-refractivity contribution in [3.63, 3.8) is 0 Å². The third kappa shape index (κ3) is 3.45. The van der Waals surface area contributed by atoms with E-state index in [1.807, 2.05) is 29.2 Å². The van der Waals surface area contributed by atoms with E-state index in [-0.39, 0.29) is 5.91 Å². The van der Waals surface area contributed by atoms with Crippen LogP contribution in [0.4, 0.5) is 0 Å². The lowest BCUT2D eigenvalue weighted by Gasteiger charge is -2.19. The predicted molar refractivity (Wildman–Crippen MR) is 67.2 cm³/mol. The van der Waals surface area contributed by atoms with Gasteiger partial charge in [0.2, 0.25) is 5.91 Å². The Labute approximate surface area is 106 Å². The Morgan fingerprint density at radius 1 is 1.29 bits per heavy atom. The Kier molecular flexibility index (Phi) is 4.40. The van der Waals surface area contributed by atoms with E-state index in [4.69, 9.17) is 16.3 Å². The van der Waals surface area contributed by atoms with Crippen LogP contribution in [0.25, 0.3) is 0 Å². The van der Waals surface area contributed by atoms with Gasteiger partial charge >= 0.3 is 0 Å². The van der Waals surface area contributed by atoms with Crippen LogP contribution in [-0.2, 0) is 16.0 Å². The molecule has 2 rings (SSSR count). The lowest BCUT2D eigenvalue weighted by atomic mass is 10.1. The molecule has 0 spiro atoms. The minimum Gasteiger partial charge on any atom is -0.380 e. The monoisotopic (exact) mass is 253 g/mol. The molecule has 0 bridgehead atoms. The number of halogens is 1. The van der Waals surface area contributed by atoms with Gasteiger partial charge in [-0.15, -0.1) is 0 Å². The van der Waals surface area contributed by atoms with Gasteiger partial charge in [0.1, 0.15) is 0 Å².